The highest BCUT2D eigenvalue weighted by atomic mass is 32.2. The lowest BCUT2D eigenvalue weighted by Crippen LogP contribution is -2.35. The molecule has 0 saturated carbocycles. The third-order valence-electron chi connectivity index (χ3n) is 5.43. The number of benzene rings is 2. The molecule has 0 aromatic heterocycles. The van der Waals surface area contributed by atoms with E-state index in [-0.39, 0.29) is 23.0 Å². The number of hydrogen-bond donors (Lipinski definition) is 2. The Bertz CT molecular complexity index is 1140. The van der Waals surface area contributed by atoms with Crippen LogP contribution in [0, 0.1) is 0 Å². The quantitative estimate of drug-likeness (QED) is 0.525. The van der Waals surface area contributed by atoms with E-state index in [0.717, 1.165) is 24.8 Å². The first kappa shape index (κ1) is 25.2. The first-order valence-corrected chi connectivity index (χ1v) is 14.3. The van der Waals surface area contributed by atoms with Crippen LogP contribution in [0.2, 0.25) is 0 Å². The van der Waals surface area contributed by atoms with Crippen molar-refractivity contribution in [2.75, 3.05) is 28.9 Å². The summed E-state index contributed by atoms with van der Waals surface area (Å²) >= 11 is 0. The van der Waals surface area contributed by atoms with Crippen molar-refractivity contribution in [2.24, 2.45) is 0 Å². The van der Waals surface area contributed by atoms with Crippen LogP contribution < -0.4 is 10.0 Å². The monoisotopic (exact) mass is 493 g/mol. The molecule has 10 heteroatoms. The molecule has 0 unspecified atom stereocenters. The summed E-state index contributed by atoms with van der Waals surface area (Å²) in [6.45, 7) is 2.93. The molecule has 1 amide bonds. The van der Waals surface area contributed by atoms with Gasteiger partial charge in [-0.2, -0.15) is 4.31 Å². The predicted molar refractivity (Wildman–Crippen MR) is 130 cm³/mol. The van der Waals surface area contributed by atoms with Crippen molar-refractivity contribution < 1.29 is 21.6 Å². The second-order valence-corrected chi connectivity index (χ2v) is 11.9. The molecule has 2 N–H and O–H groups in total. The molecule has 0 radical (unpaired) electrons. The Labute approximate surface area is 196 Å². The number of nitrogens with one attached hydrogen (secondary N) is 2. The molecule has 1 saturated heterocycles. The van der Waals surface area contributed by atoms with Gasteiger partial charge >= 0.3 is 0 Å². The SMILES string of the molecule is CCCS(=O)(=O)Nc1ccc(NC(=O)CCc2ccc(S(=O)(=O)N3CCCCC3)cc2)cc1. The lowest BCUT2D eigenvalue weighted by atomic mass is 10.1. The minimum absolute atomic E-state index is 0.0522. The topological polar surface area (TPSA) is 113 Å². The number of anilines is 2. The summed E-state index contributed by atoms with van der Waals surface area (Å²) in [6, 6.07) is 13.2. The van der Waals surface area contributed by atoms with Crippen LogP contribution in [0.1, 0.15) is 44.6 Å². The number of aryl methyl sites for hydroxylation is 1. The van der Waals surface area contributed by atoms with Crippen molar-refractivity contribution in [1.29, 1.82) is 0 Å². The van der Waals surface area contributed by atoms with Gasteiger partial charge in [-0.1, -0.05) is 25.5 Å². The van der Waals surface area contributed by atoms with Crippen molar-refractivity contribution in [3.63, 3.8) is 0 Å². The van der Waals surface area contributed by atoms with E-state index in [4.69, 9.17) is 0 Å². The maximum Gasteiger partial charge on any atom is 0.243 e. The van der Waals surface area contributed by atoms with Crippen LogP contribution in [0.3, 0.4) is 0 Å². The number of carbonyl (C=O) groups excluding carboxylic acids is 1. The van der Waals surface area contributed by atoms with Crippen LogP contribution in [0.5, 0.6) is 0 Å². The summed E-state index contributed by atoms with van der Waals surface area (Å²) in [5.41, 5.74) is 1.89. The third kappa shape index (κ3) is 7.28. The molecule has 1 heterocycles. The van der Waals surface area contributed by atoms with Crippen LogP contribution in [0.25, 0.3) is 0 Å². The molecule has 2 aromatic carbocycles. The number of rotatable bonds is 10. The van der Waals surface area contributed by atoms with E-state index in [1.165, 1.54) is 0 Å². The Morgan fingerprint density at radius 1 is 0.879 bits per heavy atom. The van der Waals surface area contributed by atoms with Gasteiger partial charge in [0, 0.05) is 30.9 Å². The Morgan fingerprint density at radius 2 is 1.48 bits per heavy atom. The predicted octanol–water partition coefficient (Wildman–Crippen LogP) is 3.58. The number of nitrogens with zero attached hydrogens (tertiary/aromatic N) is 1. The van der Waals surface area contributed by atoms with Gasteiger partial charge in [0.15, 0.2) is 0 Å². The van der Waals surface area contributed by atoms with E-state index in [1.807, 2.05) is 0 Å². The molecular weight excluding hydrogens is 462 g/mol. The molecule has 2 aromatic rings. The summed E-state index contributed by atoms with van der Waals surface area (Å²) in [7, 11) is -6.81. The minimum Gasteiger partial charge on any atom is -0.326 e. The van der Waals surface area contributed by atoms with Gasteiger partial charge in [-0.25, -0.2) is 16.8 Å². The summed E-state index contributed by atoms with van der Waals surface area (Å²) in [6.07, 6.45) is 4.09. The Balaban J connectivity index is 1.50. The van der Waals surface area contributed by atoms with Gasteiger partial charge in [-0.15, -0.1) is 0 Å². The Morgan fingerprint density at radius 3 is 2.09 bits per heavy atom. The molecule has 1 aliphatic heterocycles. The average Bonchev–Trinajstić information content (AvgIpc) is 2.79. The first-order chi connectivity index (χ1) is 15.7. The zero-order chi connectivity index (χ0) is 23.9. The molecular formula is C23H31N3O5S2. The van der Waals surface area contributed by atoms with E-state index < -0.39 is 20.0 Å². The zero-order valence-corrected chi connectivity index (χ0v) is 20.4. The standard InChI is InChI=1S/C23H31N3O5S2/c1-2-18-32(28,29)25-21-11-9-20(10-12-21)24-23(27)15-8-19-6-13-22(14-7-19)33(30,31)26-16-4-3-5-17-26/h6-7,9-14,25H,2-5,8,15-18H2,1H3,(H,24,27). The lowest BCUT2D eigenvalue weighted by molar-refractivity contribution is -0.116. The molecule has 3 rings (SSSR count). The van der Waals surface area contributed by atoms with Crippen LogP contribution in [0.15, 0.2) is 53.4 Å². The van der Waals surface area contributed by atoms with Gasteiger partial charge in [0.05, 0.1) is 10.6 Å². The molecule has 0 atom stereocenters. The molecule has 8 nitrogen and oxygen atoms in total. The minimum atomic E-state index is -3.46. The van der Waals surface area contributed by atoms with E-state index in [0.29, 0.717) is 37.3 Å². The fourth-order valence-corrected chi connectivity index (χ4v) is 6.34. The summed E-state index contributed by atoms with van der Waals surface area (Å²) in [5, 5.41) is 2.79. The van der Waals surface area contributed by atoms with Crippen LogP contribution in [-0.4, -0.2) is 45.9 Å². The van der Waals surface area contributed by atoms with Gasteiger partial charge in [0.2, 0.25) is 26.0 Å². The van der Waals surface area contributed by atoms with E-state index in [1.54, 1.807) is 59.8 Å². The number of carbonyl (C=O) groups is 1. The molecule has 0 bridgehead atoms. The van der Waals surface area contributed by atoms with Crippen LogP contribution in [-0.2, 0) is 31.3 Å². The summed E-state index contributed by atoms with van der Waals surface area (Å²) in [5.74, 6) is -0.129. The molecule has 1 fully saturated rings. The van der Waals surface area contributed by atoms with Gasteiger partial charge < -0.3 is 5.32 Å². The third-order valence-corrected chi connectivity index (χ3v) is 8.84. The Kier molecular flexibility index (Phi) is 8.50. The zero-order valence-electron chi connectivity index (χ0n) is 18.8. The van der Waals surface area contributed by atoms with Crippen molar-refractivity contribution >= 4 is 37.3 Å². The van der Waals surface area contributed by atoms with Crippen molar-refractivity contribution in [1.82, 2.24) is 4.31 Å². The highest BCUT2D eigenvalue weighted by Crippen LogP contribution is 2.21. The lowest BCUT2D eigenvalue weighted by Gasteiger charge is -2.25. The number of piperidine rings is 1. The van der Waals surface area contributed by atoms with Crippen LogP contribution >= 0.6 is 0 Å². The molecule has 0 aliphatic carbocycles. The Hall–Kier alpha value is -2.43. The maximum atomic E-state index is 12.7. The summed E-state index contributed by atoms with van der Waals surface area (Å²) in [4.78, 5) is 12.6. The fraction of sp³-hybridized carbons (Fsp3) is 0.435. The van der Waals surface area contributed by atoms with Gasteiger partial charge in [0.25, 0.3) is 0 Å². The normalized spacial score (nSPS) is 15.2. The van der Waals surface area contributed by atoms with Gasteiger partial charge in [-0.05, 0) is 67.6 Å². The maximum absolute atomic E-state index is 12.7. The first-order valence-electron chi connectivity index (χ1n) is 11.2. The molecule has 1 aliphatic rings. The highest BCUT2D eigenvalue weighted by Gasteiger charge is 2.25. The van der Waals surface area contributed by atoms with E-state index >= 15 is 0 Å². The number of sulfonamides is 2. The van der Waals surface area contributed by atoms with Crippen LogP contribution in [0.4, 0.5) is 11.4 Å². The largest absolute Gasteiger partial charge is 0.326 e. The average molecular weight is 494 g/mol. The molecule has 180 valence electrons. The fourth-order valence-electron chi connectivity index (χ4n) is 3.68. The second kappa shape index (κ2) is 11.1. The van der Waals surface area contributed by atoms with Gasteiger partial charge in [0.1, 0.15) is 0 Å². The second-order valence-electron chi connectivity index (χ2n) is 8.16. The van der Waals surface area contributed by atoms with E-state index in [2.05, 4.69) is 10.0 Å². The molecule has 33 heavy (non-hydrogen) atoms. The van der Waals surface area contributed by atoms with Crippen molar-refractivity contribution in [3.8, 4) is 0 Å². The van der Waals surface area contributed by atoms with E-state index in [9.17, 15) is 21.6 Å². The van der Waals surface area contributed by atoms with Crippen molar-refractivity contribution in [2.45, 2.75) is 50.3 Å². The number of amides is 1. The summed E-state index contributed by atoms with van der Waals surface area (Å²) < 4.78 is 53.1. The highest BCUT2D eigenvalue weighted by molar-refractivity contribution is 7.92. The van der Waals surface area contributed by atoms with Crippen molar-refractivity contribution in [3.05, 3.63) is 54.1 Å². The molecule has 0 spiro atoms. The van der Waals surface area contributed by atoms with Gasteiger partial charge in [-0.3, -0.25) is 9.52 Å². The smallest absolute Gasteiger partial charge is 0.243 e. The number of hydrogen-bond acceptors (Lipinski definition) is 5.